The van der Waals surface area contributed by atoms with Crippen LogP contribution >= 0.6 is 22.6 Å². The molecule has 2 N–H and O–H groups in total. The van der Waals surface area contributed by atoms with Gasteiger partial charge in [-0.25, -0.2) is 14.5 Å². The zero-order valence-corrected chi connectivity index (χ0v) is 15.3. The number of aromatic nitrogens is 4. The van der Waals surface area contributed by atoms with Gasteiger partial charge in [-0.3, -0.25) is 5.32 Å². The number of sulfonamides is 1. The quantitative estimate of drug-likeness (QED) is 0.598. The van der Waals surface area contributed by atoms with Crippen LogP contribution in [0.2, 0.25) is 0 Å². The fourth-order valence-corrected chi connectivity index (χ4v) is 3.58. The van der Waals surface area contributed by atoms with Crippen LogP contribution in [0.5, 0.6) is 12.0 Å². The summed E-state index contributed by atoms with van der Waals surface area (Å²) in [6.45, 7) is 0. The highest BCUT2D eigenvalue weighted by Crippen LogP contribution is 2.15. The molecule has 13 heteroatoms. The number of urea groups is 1. The Morgan fingerprint density at radius 3 is 2.33 bits per heavy atom. The highest BCUT2D eigenvalue weighted by atomic mass is 127. The van der Waals surface area contributed by atoms with E-state index in [0.29, 0.717) is 3.57 Å². The average Bonchev–Trinajstić information content (AvgIpc) is 2.53. The van der Waals surface area contributed by atoms with Crippen LogP contribution in [0.15, 0.2) is 23.4 Å². The first kappa shape index (κ1) is 18.1. The van der Waals surface area contributed by atoms with Crippen LogP contribution in [-0.2, 0) is 10.0 Å². The van der Waals surface area contributed by atoms with Gasteiger partial charge in [0.25, 0.3) is 10.0 Å². The van der Waals surface area contributed by atoms with Gasteiger partial charge in [0.1, 0.15) is 0 Å². The van der Waals surface area contributed by atoms with E-state index in [9.17, 15) is 13.2 Å². The second-order valence-electron chi connectivity index (χ2n) is 3.98. The molecule has 0 unspecified atom stereocenters. The lowest BCUT2D eigenvalue weighted by molar-refractivity contribution is 0.256. The summed E-state index contributed by atoms with van der Waals surface area (Å²) in [5, 5.41) is 1.88. The zero-order valence-electron chi connectivity index (χ0n) is 12.3. The fourth-order valence-electron chi connectivity index (χ4n) is 1.44. The topological polar surface area (TPSA) is 145 Å². The van der Waals surface area contributed by atoms with E-state index in [1.54, 1.807) is 34.7 Å². The van der Waals surface area contributed by atoms with E-state index < -0.39 is 16.1 Å². The van der Waals surface area contributed by atoms with E-state index in [1.807, 2.05) is 4.72 Å². The standard InChI is InChI=1S/C11H11IN6O5S/c1-22-10-15-8(16-11(17-10)23-2)14-9(19)18-24(20,21)7-6(12)4-3-5-13-7/h3-5H,1-2H3,(H2,14,15,16,17,18,19). The Bertz CT molecular complexity index is 839. The van der Waals surface area contributed by atoms with Gasteiger partial charge in [0.05, 0.1) is 17.8 Å². The Morgan fingerprint density at radius 1 is 1.17 bits per heavy atom. The Morgan fingerprint density at radius 2 is 1.79 bits per heavy atom. The Hall–Kier alpha value is -2.29. The van der Waals surface area contributed by atoms with Gasteiger partial charge in [-0.1, -0.05) is 0 Å². The molecule has 11 nitrogen and oxygen atoms in total. The van der Waals surface area contributed by atoms with E-state index in [-0.39, 0.29) is 23.0 Å². The highest BCUT2D eigenvalue weighted by Gasteiger charge is 2.22. The molecule has 0 aromatic carbocycles. The van der Waals surface area contributed by atoms with Crippen LogP contribution in [0.25, 0.3) is 0 Å². The molecule has 2 aromatic rings. The van der Waals surface area contributed by atoms with Crippen LogP contribution in [0.4, 0.5) is 10.7 Å². The van der Waals surface area contributed by atoms with E-state index in [4.69, 9.17) is 9.47 Å². The first-order valence-electron chi connectivity index (χ1n) is 6.14. The number of amides is 2. The van der Waals surface area contributed by atoms with E-state index >= 15 is 0 Å². The monoisotopic (exact) mass is 466 g/mol. The van der Waals surface area contributed by atoms with Crippen LogP contribution in [0, 0.1) is 3.57 Å². The van der Waals surface area contributed by atoms with Gasteiger partial charge in [-0.15, -0.1) is 4.98 Å². The molecular formula is C11H11IN6O5S. The van der Waals surface area contributed by atoms with E-state index in [2.05, 4.69) is 25.3 Å². The van der Waals surface area contributed by atoms with Crippen molar-refractivity contribution in [2.75, 3.05) is 19.5 Å². The summed E-state index contributed by atoms with van der Waals surface area (Å²) in [5.74, 6) is -0.248. The lowest BCUT2D eigenvalue weighted by atomic mass is 10.5. The molecule has 2 rings (SSSR count). The van der Waals surface area contributed by atoms with Crippen molar-refractivity contribution in [1.82, 2.24) is 24.7 Å². The maximum absolute atomic E-state index is 12.2. The number of pyridine rings is 1. The molecule has 0 bridgehead atoms. The van der Waals surface area contributed by atoms with Crippen molar-refractivity contribution in [2.45, 2.75) is 5.03 Å². The van der Waals surface area contributed by atoms with Gasteiger partial charge in [-0.05, 0) is 34.7 Å². The molecule has 2 amide bonds. The molecule has 0 atom stereocenters. The van der Waals surface area contributed by atoms with Crippen molar-refractivity contribution in [3.05, 3.63) is 21.9 Å². The molecule has 0 aliphatic carbocycles. The summed E-state index contributed by atoms with van der Waals surface area (Å²) in [5.41, 5.74) is 0. The van der Waals surface area contributed by atoms with Crippen LogP contribution in [0.1, 0.15) is 0 Å². The summed E-state index contributed by atoms with van der Waals surface area (Å²) in [7, 11) is -1.53. The molecule has 2 aromatic heterocycles. The summed E-state index contributed by atoms with van der Waals surface area (Å²) >= 11 is 1.80. The fraction of sp³-hybridized carbons (Fsp3) is 0.182. The third kappa shape index (κ3) is 4.38. The van der Waals surface area contributed by atoms with E-state index in [1.165, 1.54) is 20.4 Å². The number of nitrogens with one attached hydrogen (secondary N) is 2. The molecule has 0 aliphatic rings. The van der Waals surface area contributed by atoms with Crippen molar-refractivity contribution in [3.63, 3.8) is 0 Å². The maximum Gasteiger partial charge on any atom is 0.335 e. The normalized spacial score (nSPS) is 10.8. The lowest BCUT2D eigenvalue weighted by Crippen LogP contribution is -2.35. The first-order chi connectivity index (χ1) is 11.4. The van der Waals surface area contributed by atoms with Gasteiger partial charge in [0.2, 0.25) is 5.95 Å². The number of hydrogen-bond acceptors (Lipinski definition) is 9. The van der Waals surface area contributed by atoms with Gasteiger partial charge >= 0.3 is 18.1 Å². The SMILES string of the molecule is COc1nc(NC(=O)NS(=O)(=O)c2ncccc2I)nc(OC)n1. The number of anilines is 1. The minimum Gasteiger partial charge on any atom is -0.467 e. The second kappa shape index (κ2) is 7.52. The van der Waals surface area contributed by atoms with Gasteiger partial charge in [0.15, 0.2) is 5.03 Å². The van der Waals surface area contributed by atoms with Gasteiger partial charge < -0.3 is 9.47 Å². The smallest absolute Gasteiger partial charge is 0.335 e. The predicted molar refractivity (Wildman–Crippen MR) is 89.2 cm³/mol. The Labute approximate surface area is 150 Å². The number of methoxy groups -OCH3 is 2. The third-order valence-corrected chi connectivity index (χ3v) is 4.92. The van der Waals surface area contributed by atoms with Crippen LogP contribution in [-0.4, -0.2) is 48.6 Å². The summed E-state index contributed by atoms with van der Waals surface area (Å²) in [6, 6.07) is 1.82. The van der Waals surface area contributed by atoms with Crippen LogP contribution < -0.4 is 19.5 Å². The third-order valence-electron chi connectivity index (χ3n) is 2.39. The molecular weight excluding hydrogens is 455 g/mol. The number of nitrogens with zero attached hydrogens (tertiary/aromatic N) is 4. The number of ether oxygens (including phenoxy) is 2. The molecule has 2 heterocycles. The molecule has 0 aliphatic heterocycles. The van der Waals surface area contributed by atoms with Crippen molar-refractivity contribution in [2.24, 2.45) is 0 Å². The molecule has 0 radical (unpaired) electrons. The minimum atomic E-state index is -4.16. The number of rotatable bonds is 5. The average molecular weight is 466 g/mol. The summed E-state index contributed by atoms with van der Waals surface area (Å²) in [4.78, 5) is 26.9. The van der Waals surface area contributed by atoms with E-state index in [0.717, 1.165) is 0 Å². The predicted octanol–water partition coefficient (Wildman–Crippen LogP) is 0.399. The summed E-state index contributed by atoms with van der Waals surface area (Å²) in [6.07, 6.45) is 1.30. The van der Waals surface area contributed by atoms with Crippen molar-refractivity contribution >= 4 is 44.6 Å². The van der Waals surface area contributed by atoms with Crippen LogP contribution in [0.3, 0.4) is 0 Å². The molecule has 0 fully saturated rings. The number of carbonyl (C=O) groups excluding carboxylic acids is 1. The summed E-state index contributed by atoms with van der Waals surface area (Å²) < 4.78 is 36.1. The zero-order chi connectivity index (χ0) is 17.7. The first-order valence-corrected chi connectivity index (χ1v) is 8.70. The molecule has 0 saturated heterocycles. The minimum absolute atomic E-state index is 0.112. The molecule has 0 spiro atoms. The number of halogens is 1. The van der Waals surface area contributed by atoms with Crippen molar-refractivity contribution in [3.8, 4) is 12.0 Å². The van der Waals surface area contributed by atoms with Gasteiger partial charge in [0, 0.05) is 6.20 Å². The Kier molecular flexibility index (Phi) is 5.66. The highest BCUT2D eigenvalue weighted by molar-refractivity contribution is 14.1. The largest absolute Gasteiger partial charge is 0.467 e. The molecule has 24 heavy (non-hydrogen) atoms. The Balaban J connectivity index is 2.18. The van der Waals surface area contributed by atoms with Gasteiger partial charge in [-0.2, -0.15) is 18.4 Å². The maximum atomic E-state index is 12.2. The lowest BCUT2D eigenvalue weighted by Gasteiger charge is -2.09. The number of carbonyl (C=O) groups is 1. The number of hydrogen-bond donors (Lipinski definition) is 2. The second-order valence-corrected chi connectivity index (χ2v) is 6.74. The molecule has 128 valence electrons. The molecule has 0 saturated carbocycles. The van der Waals surface area contributed by atoms with Crippen molar-refractivity contribution < 1.29 is 22.7 Å². The van der Waals surface area contributed by atoms with Crippen molar-refractivity contribution in [1.29, 1.82) is 0 Å².